The van der Waals surface area contributed by atoms with Crippen LogP contribution < -0.4 is 0 Å². The lowest BCUT2D eigenvalue weighted by Crippen LogP contribution is -2.05. The Morgan fingerprint density at radius 3 is 2.39 bits per heavy atom. The van der Waals surface area contributed by atoms with Gasteiger partial charge in [-0.25, -0.2) is 15.0 Å². The van der Waals surface area contributed by atoms with Gasteiger partial charge < -0.3 is 4.42 Å². The Labute approximate surface area is 211 Å². The largest absolute Gasteiger partial charge is 0.456 e. The van der Waals surface area contributed by atoms with Gasteiger partial charge >= 0.3 is 0 Å². The van der Waals surface area contributed by atoms with Crippen molar-refractivity contribution in [3.63, 3.8) is 0 Å². The van der Waals surface area contributed by atoms with Crippen LogP contribution in [0.1, 0.15) is 16.8 Å². The van der Waals surface area contributed by atoms with Crippen LogP contribution in [0, 0.1) is 5.41 Å². The Morgan fingerprint density at radius 2 is 1.53 bits per heavy atom. The van der Waals surface area contributed by atoms with E-state index in [0.717, 1.165) is 32.7 Å². The number of hydrogen-bond acceptors (Lipinski definition) is 3. The number of halogens is 1. The van der Waals surface area contributed by atoms with E-state index in [4.69, 9.17) is 26.4 Å². The molecular weight excluding hydrogens is 468 g/mol. The van der Waals surface area contributed by atoms with Crippen LogP contribution in [0.4, 0.5) is 0 Å². The fraction of sp³-hybridized carbons (Fsp3) is 0. The van der Waals surface area contributed by atoms with Crippen molar-refractivity contribution < 1.29 is 4.42 Å². The molecule has 6 aromatic rings. The summed E-state index contributed by atoms with van der Waals surface area (Å²) in [5, 5.41) is 12.9. The average molecular weight is 487 g/mol. The van der Waals surface area contributed by atoms with Gasteiger partial charge in [-0.05, 0) is 22.9 Å². The third-order valence-corrected chi connectivity index (χ3v) is 6.13. The number of hydrogen-bond donors (Lipinski definition) is 1. The van der Waals surface area contributed by atoms with E-state index in [1.165, 1.54) is 0 Å². The van der Waals surface area contributed by atoms with Gasteiger partial charge in [0.2, 0.25) is 0 Å². The van der Waals surface area contributed by atoms with Crippen molar-refractivity contribution in [3.8, 4) is 0 Å². The van der Waals surface area contributed by atoms with Gasteiger partial charge in [0.05, 0.1) is 17.3 Å². The van der Waals surface area contributed by atoms with E-state index in [9.17, 15) is 0 Å². The highest BCUT2D eigenvalue weighted by atomic mass is 35.5. The van der Waals surface area contributed by atoms with E-state index in [0.29, 0.717) is 27.8 Å². The van der Waals surface area contributed by atoms with E-state index in [1.54, 1.807) is 12.3 Å². The van der Waals surface area contributed by atoms with Gasteiger partial charge in [-0.2, -0.15) is 0 Å². The molecule has 36 heavy (non-hydrogen) atoms. The summed E-state index contributed by atoms with van der Waals surface area (Å²) in [6, 6.07) is 33.0. The molecule has 0 spiro atoms. The maximum Gasteiger partial charge on any atom is 0.161 e. The molecule has 0 radical (unpaired) electrons. The molecule has 0 fully saturated rings. The molecule has 0 aliphatic carbocycles. The number of para-hydroxylation sites is 1. The van der Waals surface area contributed by atoms with E-state index in [2.05, 4.69) is 9.98 Å². The molecule has 0 saturated heterocycles. The molecule has 1 N–H and O–H groups in total. The Kier molecular flexibility index (Phi) is 5.60. The quantitative estimate of drug-likeness (QED) is 0.158. The lowest BCUT2D eigenvalue weighted by molar-refractivity contribution is 0.668. The van der Waals surface area contributed by atoms with Gasteiger partial charge in [0.1, 0.15) is 16.3 Å². The zero-order chi connectivity index (χ0) is 24.5. The first-order valence-electron chi connectivity index (χ1n) is 11.4. The van der Waals surface area contributed by atoms with Gasteiger partial charge in [-0.1, -0.05) is 96.5 Å². The summed E-state index contributed by atoms with van der Waals surface area (Å²) in [5.41, 5.74) is 3.46. The van der Waals surface area contributed by atoms with Crippen molar-refractivity contribution in [1.29, 1.82) is 5.41 Å². The molecule has 6 rings (SSSR count). The zero-order valence-corrected chi connectivity index (χ0v) is 19.8. The SMILES string of the molecule is N=C(/N=C(\N=C\c1nc(Cl)cc2oc3ccccc3c12)c1ccccc1)c1ccc2ccccc2c1. The summed E-state index contributed by atoms with van der Waals surface area (Å²) in [4.78, 5) is 13.8. The average Bonchev–Trinajstić information content (AvgIpc) is 3.29. The number of nitrogens with zero attached hydrogens (tertiary/aromatic N) is 3. The summed E-state index contributed by atoms with van der Waals surface area (Å²) < 4.78 is 5.97. The van der Waals surface area contributed by atoms with Crippen molar-refractivity contribution in [3.05, 3.63) is 125 Å². The van der Waals surface area contributed by atoms with E-state index < -0.39 is 0 Å². The molecule has 4 aromatic carbocycles. The molecule has 0 aliphatic heterocycles. The maximum atomic E-state index is 8.70. The van der Waals surface area contributed by atoms with Crippen LogP contribution in [0.3, 0.4) is 0 Å². The fourth-order valence-electron chi connectivity index (χ4n) is 4.22. The number of rotatable bonds is 3. The number of amidine groups is 2. The van der Waals surface area contributed by atoms with Crippen LogP contribution in [0.25, 0.3) is 32.7 Å². The van der Waals surface area contributed by atoms with Gasteiger partial charge in [-0.15, -0.1) is 0 Å². The number of aliphatic imine (C=N–C) groups is 2. The minimum Gasteiger partial charge on any atom is -0.456 e. The summed E-state index contributed by atoms with van der Waals surface area (Å²) >= 11 is 6.30. The highest BCUT2D eigenvalue weighted by Crippen LogP contribution is 2.31. The maximum absolute atomic E-state index is 8.70. The molecular formula is C30H19ClN4O. The van der Waals surface area contributed by atoms with Crippen LogP contribution >= 0.6 is 11.6 Å². The van der Waals surface area contributed by atoms with Gasteiger partial charge in [-0.3, -0.25) is 5.41 Å². The van der Waals surface area contributed by atoms with Crippen molar-refractivity contribution in [2.24, 2.45) is 9.98 Å². The van der Waals surface area contributed by atoms with E-state index in [-0.39, 0.29) is 5.84 Å². The van der Waals surface area contributed by atoms with E-state index >= 15 is 0 Å². The first-order valence-corrected chi connectivity index (χ1v) is 11.8. The molecule has 0 unspecified atom stereocenters. The van der Waals surface area contributed by atoms with Crippen LogP contribution in [0.2, 0.25) is 5.15 Å². The molecule has 0 saturated carbocycles. The summed E-state index contributed by atoms with van der Waals surface area (Å²) in [6.45, 7) is 0. The van der Waals surface area contributed by atoms with Crippen molar-refractivity contribution in [2.75, 3.05) is 0 Å². The second kappa shape index (κ2) is 9.21. The van der Waals surface area contributed by atoms with Gasteiger partial charge in [0, 0.05) is 22.6 Å². The molecule has 0 aliphatic rings. The second-order valence-corrected chi connectivity index (χ2v) is 8.66. The first kappa shape index (κ1) is 21.9. The highest BCUT2D eigenvalue weighted by molar-refractivity contribution is 6.31. The monoisotopic (exact) mass is 486 g/mol. The van der Waals surface area contributed by atoms with Crippen molar-refractivity contribution in [2.45, 2.75) is 0 Å². The minimum atomic E-state index is 0.120. The fourth-order valence-corrected chi connectivity index (χ4v) is 4.41. The lowest BCUT2D eigenvalue weighted by atomic mass is 10.1. The standard InChI is InChI=1S/C30H19ClN4O/c31-27-17-26-28(23-12-6-7-13-25(23)36-26)24(34-27)18-33-30(20-9-2-1-3-10-20)35-29(32)22-15-14-19-8-4-5-11-21(19)16-22/h1-18,32H/b32-29?,33-18+,35-30-. The molecule has 0 bridgehead atoms. The summed E-state index contributed by atoms with van der Waals surface area (Å²) in [5.74, 6) is 0.520. The Morgan fingerprint density at radius 1 is 0.778 bits per heavy atom. The topological polar surface area (TPSA) is 74.6 Å². The third-order valence-electron chi connectivity index (χ3n) is 5.94. The molecule has 0 amide bonds. The molecule has 2 aromatic heterocycles. The number of nitrogens with one attached hydrogen (secondary N) is 1. The summed E-state index contributed by atoms with van der Waals surface area (Å²) in [6.07, 6.45) is 1.63. The molecule has 6 heteroatoms. The number of benzene rings is 4. The zero-order valence-electron chi connectivity index (χ0n) is 19.0. The van der Waals surface area contributed by atoms with Crippen molar-refractivity contribution in [1.82, 2.24) is 4.98 Å². The van der Waals surface area contributed by atoms with E-state index in [1.807, 2.05) is 97.1 Å². The number of fused-ring (bicyclic) bond motifs is 4. The molecule has 5 nitrogen and oxygen atoms in total. The van der Waals surface area contributed by atoms with Crippen LogP contribution in [-0.4, -0.2) is 22.9 Å². The molecule has 2 heterocycles. The van der Waals surface area contributed by atoms with Crippen LogP contribution in [0.5, 0.6) is 0 Å². The Balaban J connectivity index is 1.45. The van der Waals surface area contributed by atoms with Crippen molar-refractivity contribution >= 4 is 62.2 Å². The molecule has 172 valence electrons. The number of pyridine rings is 1. The first-order chi connectivity index (χ1) is 17.7. The smallest absolute Gasteiger partial charge is 0.161 e. The summed E-state index contributed by atoms with van der Waals surface area (Å²) in [7, 11) is 0. The Hall–Kier alpha value is -4.61. The second-order valence-electron chi connectivity index (χ2n) is 8.27. The predicted octanol–water partition coefficient (Wildman–Crippen LogP) is 7.68. The van der Waals surface area contributed by atoms with Gasteiger partial charge in [0.25, 0.3) is 0 Å². The normalized spacial score (nSPS) is 12.2. The third kappa shape index (κ3) is 4.17. The Bertz CT molecular complexity index is 1820. The molecule has 0 atom stereocenters. The van der Waals surface area contributed by atoms with Gasteiger partial charge in [0.15, 0.2) is 11.7 Å². The highest BCUT2D eigenvalue weighted by Gasteiger charge is 2.13. The van der Waals surface area contributed by atoms with Crippen LogP contribution in [-0.2, 0) is 0 Å². The lowest BCUT2D eigenvalue weighted by Gasteiger charge is -2.05. The minimum absolute atomic E-state index is 0.120. The number of furan rings is 1. The number of aromatic nitrogens is 1. The predicted molar refractivity (Wildman–Crippen MR) is 148 cm³/mol. The van der Waals surface area contributed by atoms with Crippen LogP contribution in [0.15, 0.2) is 118 Å².